The molecule has 0 amide bonds. The normalized spacial score (nSPS) is 9.09. The van der Waals surface area contributed by atoms with Crippen molar-refractivity contribution in [1.82, 2.24) is 0 Å². The van der Waals surface area contributed by atoms with Gasteiger partial charge in [-0.3, -0.25) is 4.79 Å². The minimum Gasteiger partial charge on any atom is -0.303 e. The molecule has 0 aromatic heterocycles. The van der Waals surface area contributed by atoms with Crippen molar-refractivity contribution in [2.75, 3.05) is 0 Å². The van der Waals surface area contributed by atoms with Crippen LogP contribution in [0.3, 0.4) is 0 Å². The van der Waals surface area contributed by atoms with Crippen LogP contribution in [0.4, 0.5) is 0 Å². The summed E-state index contributed by atoms with van der Waals surface area (Å²) in [4.78, 5) is 20.5. The van der Waals surface area contributed by atoms with Crippen LogP contribution >= 0.6 is 0 Å². The highest BCUT2D eigenvalue weighted by molar-refractivity contribution is 5.78. The van der Waals surface area contributed by atoms with E-state index in [4.69, 9.17) is 0 Å². The van der Waals surface area contributed by atoms with Crippen LogP contribution in [0, 0.1) is 0 Å². The molecule has 0 aliphatic carbocycles. The first-order valence-corrected chi connectivity index (χ1v) is 3.35. The zero-order valence-corrected chi connectivity index (χ0v) is 5.99. The number of hydrogen-bond acceptors (Lipinski definition) is 2. The zero-order chi connectivity index (χ0) is 8.10. The molecule has 11 heavy (non-hydrogen) atoms. The predicted molar refractivity (Wildman–Crippen MR) is 41.6 cm³/mol. The average molecular weight is 148 g/mol. The van der Waals surface area contributed by atoms with Crippen LogP contribution in [0.2, 0.25) is 0 Å². The summed E-state index contributed by atoms with van der Waals surface area (Å²) in [5, 5.41) is 0. The first-order valence-electron chi connectivity index (χ1n) is 3.35. The number of hydrogen-bond donors (Lipinski definition) is 0. The molecule has 1 rings (SSSR count). The molecule has 1 aromatic rings. The Balaban J connectivity index is 3.01. The Kier molecular flexibility index (Phi) is 2.55. The predicted octanol–water partition coefficient (Wildman–Crippen LogP) is 1.24. The highest BCUT2D eigenvalue weighted by Crippen LogP contribution is 2.04. The molecule has 0 fully saturated rings. The van der Waals surface area contributed by atoms with Gasteiger partial charge in [0.15, 0.2) is 0 Å². The minimum atomic E-state index is 0.314. The molecule has 0 spiro atoms. The lowest BCUT2D eigenvalue weighted by Gasteiger charge is -1.96. The van der Waals surface area contributed by atoms with Crippen LogP contribution in [0.1, 0.15) is 15.9 Å². The van der Waals surface area contributed by atoms with Gasteiger partial charge in [-0.05, 0) is 5.56 Å². The van der Waals surface area contributed by atoms with Gasteiger partial charge in [-0.2, -0.15) is 0 Å². The van der Waals surface area contributed by atoms with Gasteiger partial charge in [0.25, 0.3) is 0 Å². The Bertz CT molecular complexity index is 266. The van der Waals surface area contributed by atoms with Gasteiger partial charge in [0.05, 0.1) is 0 Å². The largest absolute Gasteiger partial charge is 0.303 e. The lowest BCUT2D eigenvalue weighted by molar-refractivity contribution is -0.107. The molecule has 0 unspecified atom stereocenters. The summed E-state index contributed by atoms with van der Waals surface area (Å²) in [6.45, 7) is 0. The zero-order valence-electron chi connectivity index (χ0n) is 5.99. The second-order valence-electron chi connectivity index (χ2n) is 2.19. The van der Waals surface area contributed by atoms with Crippen molar-refractivity contribution in [2.24, 2.45) is 0 Å². The molecule has 56 valence electrons. The summed E-state index contributed by atoms with van der Waals surface area (Å²) >= 11 is 0. The van der Waals surface area contributed by atoms with Crippen LogP contribution in [-0.2, 0) is 11.2 Å². The highest BCUT2D eigenvalue weighted by Gasteiger charge is 1.97. The first kappa shape index (κ1) is 7.66. The van der Waals surface area contributed by atoms with Gasteiger partial charge < -0.3 is 4.79 Å². The monoisotopic (exact) mass is 148 g/mol. The molecule has 0 aliphatic rings. The Hall–Kier alpha value is -1.44. The number of rotatable bonds is 3. The molecular formula is C9H8O2. The fraction of sp³-hybridized carbons (Fsp3) is 0.111. The Morgan fingerprint density at radius 3 is 2.55 bits per heavy atom. The van der Waals surface area contributed by atoms with Crippen molar-refractivity contribution >= 4 is 12.6 Å². The van der Waals surface area contributed by atoms with Crippen molar-refractivity contribution in [3.63, 3.8) is 0 Å². The number of aldehydes is 2. The summed E-state index contributed by atoms with van der Waals surface area (Å²) in [5.41, 5.74) is 1.39. The third-order valence-corrected chi connectivity index (χ3v) is 1.49. The summed E-state index contributed by atoms with van der Waals surface area (Å²) in [6, 6.07) is 7.06. The fourth-order valence-electron chi connectivity index (χ4n) is 0.925. The molecule has 0 atom stereocenters. The topological polar surface area (TPSA) is 34.1 Å². The van der Waals surface area contributed by atoms with E-state index in [0.717, 1.165) is 18.1 Å². The molecule has 1 aromatic carbocycles. The molecular weight excluding hydrogens is 140 g/mol. The summed E-state index contributed by atoms with van der Waals surface area (Å²) in [7, 11) is 0. The number of benzene rings is 1. The highest BCUT2D eigenvalue weighted by atomic mass is 16.1. The quantitative estimate of drug-likeness (QED) is 0.604. The smallest absolute Gasteiger partial charge is 0.150 e. The lowest BCUT2D eigenvalue weighted by Crippen LogP contribution is -1.92. The van der Waals surface area contributed by atoms with Crippen molar-refractivity contribution in [2.45, 2.75) is 6.42 Å². The van der Waals surface area contributed by atoms with E-state index in [0.29, 0.717) is 12.0 Å². The maximum absolute atomic E-state index is 10.4. The van der Waals surface area contributed by atoms with E-state index in [1.807, 2.05) is 6.07 Å². The van der Waals surface area contributed by atoms with Gasteiger partial charge in [-0.15, -0.1) is 0 Å². The van der Waals surface area contributed by atoms with Crippen LogP contribution in [0.25, 0.3) is 0 Å². The Morgan fingerprint density at radius 2 is 1.91 bits per heavy atom. The van der Waals surface area contributed by atoms with Gasteiger partial charge in [-0.25, -0.2) is 0 Å². The van der Waals surface area contributed by atoms with E-state index in [1.54, 1.807) is 18.2 Å². The van der Waals surface area contributed by atoms with E-state index in [9.17, 15) is 9.59 Å². The van der Waals surface area contributed by atoms with Crippen LogP contribution in [0.15, 0.2) is 24.3 Å². The molecule has 0 aliphatic heterocycles. The van der Waals surface area contributed by atoms with Crippen LogP contribution < -0.4 is 0 Å². The molecule has 0 saturated heterocycles. The second-order valence-corrected chi connectivity index (χ2v) is 2.19. The number of carbonyl (C=O) groups is 2. The molecule has 0 bridgehead atoms. The van der Waals surface area contributed by atoms with Crippen molar-refractivity contribution in [3.8, 4) is 0 Å². The third-order valence-electron chi connectivity index (χ3n) is 1.49. The summed E-state index contributed by atoms with van der Waals surface area (Å²) in [6.07, 6.45) is 1.87. The van der Waals surface area contributed by atoms with Gasteiger partial charge in [0, 0.05) is 12.0 Å². The third kappa shape index (κ3) is 1.74. The first-order chi connectivity index (χ1) is 5.38. The van der Waals surface area contributed by atoms with Gasteiger partial charge in [-0.1, -0.05) is 24.3 Å². The van der Waals surface area contributed by atoms with Gasteiger partial charge in [0.1, 0.15) is 12.6 Å². The van der Waals surface area contributed by atoms with Crippen LogP contribution in [-0.4, -0.2) is 12.6 Å². The SMILES string of the molecule is O=CCc1ccccc1C=O. The molecule has 0 N–H and O–H groups in total. The summed E-state index contributed by atoms with van der Waals surface area (Å²) in [5.74, 6) is 0. The van der Waals surface area contributed by atoms with E-state index in [1.165, 1.54) is 0 Å². The standard InChI is InChI=1S/C9H8O2/c10-6-5-8-3-1-2-4-9(8)7-11/h1-4,6-7H,5H2. The van der Waals surface area contributed by atoms with Gasteiger partial charge in [0.2, 0.25) is 0 Å². The Morgan fingerprint density at radius 1 is 1.18 bits per heavy atom. The fourth-order valence-corrected chi connectivity index (χ4v) is 0.925. The Labute approximate surface area is 64.8 Å². The molecule has 2 heteroatoms. The maximum Gasteiger partial charge on any atom is 0.150 e. The molecule has 0 heterocycles. The molecule has 2 nitrogen and oxygen atoms in total. The van der Waals surface area contributed by atoms with Gasteiger partial charge >= 0.3 is 0 Å². The maximum atomic E-state index is 10.4. The minimum absolute atomic E-state index is 0.314. The van der Waals surface area contributed by atoms with Crippen molar-refractivity contribution < 1.29 is 9.59 Å². The van der Waals surface area contributed by atoms with E-state index in [-0.39, 0.29) is 0 Å². The van der Waals surface area contributed by atoms with Crippen molar-refractivity contribution in [3.05, 3.63) is 35.4 Å². The average Bonchev–Trinajstić information content (AvgIpc) is 2.06. The molecule has 0 radical (unpaired) electrons. The number of carbonyl (C=O) groups excluding carboxylic acids is 2. The van der Waals surface area contributed by atoms with E-state index < -0.39 is 0 Å². The molecule has 0 saturated carbocycles. The van der Waals surface area contributed by atoms with E-state index >= 15 is 0 Å². The lowest BCUT2D eigenvalue weighted by atomic mass is 10.1. The second kappa shape index (κ2) is 3.66. The van der Waals surface area contributed by atoms with E-state index in [2.05, 4.69) is 0 Å². The van der Waals surface area contributed by atoms with Crippen molar-refractivity contribution in [1.29, 1.82) is 0 Å². The summed E-state index contributed by atoms with van der Waals surface area (Å²) < 4.78 is 0. The van der Waals surface area contributed by atoms with Crippen LogP contribution in [0.5, 0.6) is 0 Å².